The first-order valence-corrected chi connectivity index (χ1v) is 9.29. The van der Waals surface area contributed by atoms with Crippen LogP contribution in [0.25, 0.3) is 0 Å². The third-order valence-electron chi connectivity index (χ3n) is 4.81. The lowest BCUT2D eigenvalue weighted by atomic mass is 9.92. The van der Waals surface area contributed by atoms with Crippen molar-refractivity contribution in [1.29, 1.82) is 0 Å². The number of piperidine rings is 1. The van der Waals surface area contributed by atoms with Crippen LogP contribution in [0, 0.1) is 11.8 Å². The van der Waals surface area contributed by atoms with Crippen LogP contribution in [-0.4, -0.2) is 58.3 Å². The summed E-state index contributed by atoms with van der Waals surface area (Å²) in [6.45, 7) is 8.61. The van der Waals surface area contributed by atoms with E-state index in [0.29, 0.717) is 29.4 Å². The Hall–Kier alpha value is -1.95. The molecule has 2 atom stereocenters. The van der Waals surface area contributed by atoms with Gasteiger partial charge < -0.3 is 24.4 Å². The summed E-state index contributed by atoms with van der Waals surface area (Å²) in [5.41, 5.74) is 0.500. The van der Waals surface area contributed by atoms with Gasteiger partial charge in [-0.1, -0.05) is 13.8 Å². The van der Waals surface area contributed by atoms with E-state index in [2.05, 4.69) is 24.1 Å². The summed E-state index contributed by atoms with van der Waals surface area (Å²) in [6, 6.07) is 3.34. The van der Waals surface area contributed by atoms with Gasteiger partial charge in [0.05, 0.1) is 21.3 Å². The number of carbonyl (C=O) groups excluding carboxylic acids is 1. The van der Waals surface area contributed by atoms with Crippen molar-refractivity contribution in [3.05, 3.63) is 17.7 Å². The lowest BCUT2D eigenvalue weighted by Crippen LogP contribution is -2.40. The average Bonchev–Trinajstić information content (AvgIpc) is 2.62. The average molecular weight is 364 g/mol. The smallest absolute Gasteiger partial charge is 0.251 e. The van der Waals surface area contributed by atoms with Crippen LogP contribution in [0.1, 0.15) is 37.0 Å². The van der Waals surface area contributed by atoms with Gasteiger partial charge in [-0.2, -0.15) is 0 Å². The van der Waals surface area contributed by atoms with Gasteiger partial charge in [-0.3, -0.25) is 4.79 Å². The molecule has 1 saturated heterocycles. The number of likely N-dealkylation sites (tertiary alicyclic amines) is 1. The number of nitrogens with one attached hydrogen (secondary N) is 1. The molecule has 0 saturated carbocycles. The Morgan fingerprint density at radius 1 is 1.08 bits per heavy atom. The predicted molar refractivity (Wildman–Crippen MR) is 102 cm³/mol. The molecule has 0 aromatic heterocycles. The number of rotatable bonds is 8. The van der Waals surface area contributed by atoms with Gasteiger partial charge in [0.25, 0.3) is 5.91 Å². The minimum absolute atomic E-state index is 0.135. The molecule has 1 aliphatic heterocycles. The molecule has 6 heteroatoms. The normalized spacial score (nSPS) is 20.5. The maximum Gasteiger partial charge on any atom is 0.251 e. The van der Waals surface area contributed by atoms with Crippen molar-refractivity contribution < 1.29 is 19.0 Å². The maximum absolute atomic E-state index is 12.5. The zero-order valence-electron chi connectivity index (χ0n) is 16.6. The summed E-state index contributed by atoms with van der Waals surface area (Å²) in [6.07, 6.45) is 2.25. The third kappa shape index (κ3) is 5.27. The van der Waals surface area contributed by atoms with Crippen LogP contribution in [0.3, 0.4) is 0 Å². The van der Waals surface area contributed by atoms with Gasteiger partial charge in [-0.15, -0.1) is 0 Å². The first-order chi connectivity index (χ1) is 12.5. The minimum atomic E-state index is -0.135. The van der Waals surface area contributed by atoms with Gasteiger partial charge in [-0.05, 0) is 43.4 Å². The molecule has 0 radical (unpaired) electrons. The van der Waals surface area contributed by atoms with E-state index < -0.39 is 0 Å². The van der Waals surface area contributed by atoms with E-state index in [9.17, 15) is 4.79 Å². The van der Waals surface area contributed by atoms with E-state index in [4.69, 9.17) is 14.2 Å². The van der Waals surface area contributed by atoms with Crippen LogP contribution >= 0.6 is 0 Å². The molecule has 146 valence electrons. The number of hydrogen-bond donors (Lipinski definition) is 1. The van der Waals surface area contributed by atoms with Crippen LogP contribution in [0.4, 0.5) is 0 Å². The summed E-state index contributed by atoms with van der Waals surface area (Å²) in [4.78, 5) is 15.0. The Bertz CT molecular complexity index is 570. The summed E-state index contributed by atoms with van der Waals surface area (Å²) in [5.74, 6) is 2.83. The molecule has 0 aliphatic carbocycles. The van der Waals surface area contributed by atoms with Crippen molar-refractivity contribution in [2.45, 2.75) is 26.7 Å². The fourth-order valence-electron chi connectivity index (χ4n) is 3.79. The second kappa shape index (κ2) is 9.67. The SMILES string of the molecule is COc1cc(C(=O)NCCCN2C[C@H](C)C[C@@H](C)C2)cc(OC)c1OC. The molecule has 1 N–H and O–H groups in total. The van der Waals surface area contributed by atoms with Gasteiger partial charge in [0, 0.05) is 25.2 Å². The van der Waals surface area contributed by atoms with Crippen molar-refractivity contribution in [1.82, 2.24) is 10.2 Å². The second-order valence-electron chi connectivity index (χ2n) is 7.23. The topological polar surface area (TPSA) is 60.0 Å². The highest BCUT2D eigenvalue weighted by atomic mass is 16.5. The summed E-state index contributed by atoms with van der Waals surface area (Å²) >= 11 is 0. The van der Waals surface area contributed by atoms with E-state index in [1.807, 2.05) is 0 Å². The molecule has 0 unspecified atom stereocenters. The number of nitrogens with zero attached hydrogens (tertiary/aromatic N) is 1. The van der Waals surface area contributed by atoms with E-state index in [1.54, 1.807) is 33.5 Å². The van der Waals surface area contributed by atoms with E-state index in [0.717, 1.165) is 37.9 Å². The molecule has 26 heavy (non-hydrogen) atoms. The Morgan fingerprint density at radius 3 is 2.15 bits per heavy atom. The van der Waals surface area contributed by atoms with Crippen molar-refractivity contribution in [2.24, 2.45) is 11.8 Å². The maximum atomic E-state index is 12.5. The van der Waals surface area contributed by atoms with Gasteiger partial charge in [0.2, 0.25) is 5.75 Å². The number of ether oxygens (including phenoxy) is 3. The molecular formula is C20H32N2O4. The second-order valence-corrected chi connectivity index (χ2v) is 7.23. The summed E-state index contributed by atoms with van der Waals surface area (Å²) < 4.78 is 15.9. The molecule has 1 amide bonds. The van der Waals surface area contributed by atoms with Crippen molar-refractivity contribution in [3.8, 4) is 17.2 Å². The van der Waals surface area contributed by atoms with Crippen molar-refractivity contribution in [3.63, 3.8) is 0 Å². The van der Waals surface area contributed by atoms with Gasteiger partial charge in [0.15, 0.2) is 11.5 Å². The number of hydrogen-bond acceptors (Lipinski definition) is 5. The first kappa shape index (κ1) is 20.4. The highest BCUT2D eigenvalue weighted by molar-refractivity contribution is 5.95. The van der Waals surface area contributed by atoms with Gasteiger partial charge in [-0.25, -0.2) is 0 Å². The number of carbonyl (C=O) groups is 1. The Labute approximate surface area is 156 Å². The first-order valence-electron chi connectivity index (χ1n) is 9.29. The van der Waals surface area contributed by atoms with Crippen LogP contribution in [0.5, 0.6) is 17.2 Å². The fraction of sp³-hybridized carbons (Fsp3) is 0.650. The lowest BCUT2D eigenvalue weighted by Gasteiger charge is -2.34. The molecule has 1 aromatic carbocycles. The number of methoxy groups -OCH3 is 3. The summed E-state index contributed by atoms with van der Waals surface area (Å²) in [7, 11) is 4.63. The third-order valence-corrected chi connectivity index (χ3v) is 4.81. The molecule has 1 heterocycles. The van der Waals surface area contributed by atoms with Crippen molar-refractivity contribution >= 4 is 5.91 Å². The zero-order valence-corrected chi connectivity index (χ0v) is 16.6. The Kier molecular flexibility index (Phi) is 7.57. The van der Waals surface area contributed by atoms with Gasteiger partial charge >= 0.3 is 0 Å². The highest BCUT2D eigenvalue weighted by Crippen LogP contribution is 2.38. The molecule has 1 fully saturated rings. The van der Waals surface area contributed by atoms with Crippen molar-refractivity contribution in [2.75, 3.05) is 47.5 Å². The van der Waals surface area contributed by atoms with Gasteiger partial charge in [0.1, 0.15) is 0 Å². The van der Waals surface area contributed by atoms with E-state index in [-0.39, 0.29) is 5.91 Å². The quantitative estimate of drug-likeness (QED) is 0.719. The molecule has 6 nitrogen and oxygen atoms in total. The minimum Gasteiger partial charge on any atom is -0.493 e. The van der Waals surface area contributed by atoms with E-state index in [1.165, 1.54) is 6.42 Å². The van der Waals surface area contributed by atoms with Crippen LogP contribution in [0.2, 0.25) is 0 Å². The number of amides is 1. The molecular weight excluding hydrogens is 332 g/mol. The van der Waals surface area contributed by atoms with Crippen LogP contribution < -0.4 is 19.5 Å². The molecule has 2 rings (SSSR count). The monoisotopic (exact) mass is 364 g/mol. The molecule has 0 bridgehead atoms. The predicted octanol–water partition coefficient (Wildman–Crippen LogP) is 2.81. The standard InChI is InChI=1S/C20H32N2O4/c1-14-9-15(2)13-22(12-14)8-6-7-21-20(23)16-10-17(24-3)19(26-5)18(11-16)25-4/h10-11,14-15H,6-9,12-13H2,1-5H3,(H,21,23)/t14-,15-/m1/s1. The Balaban J connectivity index is 1.88. The van der Waals surface area contributed by atoms with E-state index >= 15 is 0 Å². The summed E-state index contributed by atoms with van der Waals surface area (Å²) in [5, 5.41) is 2.98. The van der Waals surface area contributed by atoms with Crippen LogP contribution in [-0.2, 0) is 0 Å². The highest BCUT2D eigenvalue weighted by Gasteiger charge is 2.21. The molecule has 0 spiro atoms. The lowest BCUT2D eigenvalue weighted by molar-refractivity contribution is 0.0946. The number of benzene rings is 1. The van der Waals surface area contributed by atoms with Crippen LogP contribution in [0.15, 0.2) is 12.1 Å². The molecule has 1 aromatic rings. The Morgan fingerprint density at radius 2 is 1.65 bits per heavy atom. The zero-order chi connectivity index (χ0) is 19.1. The molecule has 1 aliphatic rings. The fourth-order valence-corrected chi connectivity index (χ4v) is 3.79. The largest absolute Gasteiger partial charge is 0.493 e.